The lowest BCUT2D eigenvalue weighted by Gasteiger charge is -2.20. The second-order valence-corrected chi connectivity index (χ2v) is 7.43. The van der Waals surface area contributed by atoms with E-state index in [2.05, 4.69) is 0 Å². The Morgan fingerprint density at radius 3 is 2.55 bits per heavy atom. The summed E-state index contributed by atoms with van der Waals surface area (Å²) in [6.07, 6.45) is 0.787. The molecule has 0 saturated carbocycles. The SMILES string of the molecule is CC1CC(C)N(S(=O)(=O)c2ccc(Cl)c([N+](=O)[O-])c2)C1. The average Bonchev–Trinajstić information content (AvgIpc) is 2.69. The molecule has 2 atom stereocenters. The summed E-state index contributed by atoms with van der Waals surface area (Å²) in [6.45, 7) is 4.25. The van der Waals surface area contributed by atoms with E-state index >= 15 is 0 Å². The van der Waals surface area contributed by atoms with Crippen molar-refractivity contribution in [1.82, 2.24) is 4.31 Å². The highest BCUT2D eigenvalue weighted by Gasteiger charge is 2.36. The largest absolute Gasteiger partial charge is 0.289 e. The van der Waals surface area contributed by atoms with E-state index < -0.39 is 20.6 Å². The standard InChI is InChI=1S/C12H15ClN2O4S/c1-8-5-9(2)14(7-8)20(18,19)10-3-4-11(13)12(6-10)15(16)17/h3-4,6,8-9H,5,7H2,1-2H3. The lowest BCUT2D eigenvalue weighted by Crippen LogP contribution is -2.34. The topological polar surface area (TPSA) is 80.5 Å². The highest BCUT2D eigenvalue weighted by atomic mass is 35.5. The number of hydrogen-bond acceptors (Lipinski definition) is 4. The van der Waals surface area contributed by atoms with Crippen molar-refractivity contribution in [3.8, 4) is 0 Å². The predicted molar refractivity (Wildman–Crippen MR) is 75.2 cm³/mol. The van der Waals surface area contributed by atoms with Crippen molar-refractivity contribution in [2.45, 2.75) is 31.2 Å². The fourth-order valence-corrected chi connectivity index (χ4v) is 4.49. The van der Waals surface area contributed by atoms with Gasteiger partial charge in [-0.25, -0.2) is 8.42 Å². The van der Waals surface area contributed by atoms with Crippen LogP contribution in [0.15, 0.2) is 23.1 Å². The Morgan fingerprint density at radius 1 is 1.40 bits per heavy atom. The van der Waals surface area contributed by atoms with Crippen LogP contribution in [0.1, 0.15) is 20.3 Å². The molecule has 6 nitrogen and oxygen atoms in total. The first kappa shape index (κ1) is 15.2. The zero-order valence-electron chi connectivity index (χ0n) is 11.1. The third-order valence-corrected chi connectivity index (χ3v) is 5.74. The van der Waals surface area contributed by atoms with Crippen molar-refractivity contribution in [2.24, 2.45) is 5.92 Å². The van der Waals surface area contributed by atoms with Crippen LogP contribution in [0.25, 0.3) is 0 Å². The number of hydrogen-bond donors (Lipinski definition) is 0. The first-order chi connectivity index (χ1) is 9.23. The van der Waals surface area contributed by atoms with Gasteiger partial charge in [-0.05, 0) is 31.4 Å². The van der Waals surface area contributed by atoms with E-state index in [1.54, 1.807) is 0 Å². The summed E-state index contributed by atoms with van der Waals surface area (Å²) in [5.74, 6) is 0.280. The number of nitro benzene ring substituents is 1. The predicted octanol–water partition coefficient (Wildman–Crippen LogP) is 2.67. The highest BCUT2D eigenvalue weighted by Crippen LogP contribution is 2.32. The van der Waals surface area contributed by atoms with Gasteiger partial charge in [0, 0.05) is 18.7 Å². The van der Waals surface area contributed by atoms with Crippen LogP contribution in [0.3, 0.4) is 0 Å². The molecule has 1 aromatic rings. The van der Waals surface area contributed by atoms with Gasteiger partial charge < -0.3 is 0 Å². The van der Waals surface area contributed by atoms with Gasteiger partial charge in [0.05, 0.1) is 9.82 Å². The Bertz CT molecular complexity index is 647. The van der Waals surface area contributed by atoms with Crippen LogP contribution in [-0.2, 0) is 10.0 Å². The van der Waals surface area contributed by atoms with Gasteiger partial charge in [0.15, 0.2) is 0 Å². The van der Waals surface area contributed by atoms with Crippen LogP contribution in [0.4, 0.5) is 5.69 Å². The van der Waals surface area contributed by atoms with Crippen LogP contribution in [0.2, 0.25) is 5.02 Å². The Hall–Kier alpha value is -1.18. The quantitative estimate of drug-likeness (QED) is 0.634. The maximum atomic E-state index is 12.5. The van der Waals surface area contributed by atoms with Crippen LogP contribution >= 0.6 is 11.6 Å². The summed E-state index contributed by atoms with van der Waals surface area (Å²) in [6, 6.07) is 3.47. The van der Waals surface area contributed by atoms with E-state index in [1.807, 2.05) is 13.8 Å². The van der Waals surface area contributed by atoms with Crippen LogP contribution < -0.4 is 0 Å². The first-order valence-electron chi connectivity index (χ1n) is 6.19. The normalized spacial score (nSPS) is 23.9. The van der Waals surface area contributed by atoms with Gasteiger partial charge in [-0.1, -0.05) is 18.5 Å². The molecule has 0 N–H and O–H groups in total. The molecule has 2 rings (SSSR count). The molecule has 1 heterocycles. The van der Waals surface area contributed by atoms with Crippen molar-refractivity contribution >= 4 is 27.3 Å². The minimum atomic E-state index is -3.72. The zero-order valence-corrected chi connectivity index (χ0v) is 12.7. The average molecular weight is 319 g/mol. The van der Waals surface area contributed by atoms with Crippen molar-refractivity contribution in [3.05, 3.63) is 33.3 Å². The van der Waals surface area contributed by atoms with Crippen molar-refractivity contribution < 1.29 is 13.3 Å². The van der Waals surface area contributed by atoms with Crippen molar-refractivity contribution in [2.75, 3.05) is 6.54 Å². The highest BCUT2D eigenvalue weighted by molar-refractivity contribution is 7.89. The summed E-state index contributed by atoms with van der Waals surface area (Å²) < 4.78 is 26.5. The number of rotatable bonds is 3. The molecular weight excluding hydrogens is 304 g/mol. The molecular formula is C12H15ClN2O4S. The van der Waals surface area contributed by atoms with Crippen molar-refractivity contribution in [1.29, 1.82) is 0 Å². The Morgan fingerprint density at radius 2 is 2.05 bits per heavy atom. The number of nitrogens with zero attached hydrogens (tertiary/aromatic N) is 2. The lowest BCUT2D eigenvalue weighted by molar-refractivity contribution is -0.384. The third kappa shape index (κ3) is 2.65. The van der Waals surface area contributed by atoms with Crippen LogP contribution in [0, 0.1) is 16.0 Å². The van der Waals surface area contributed by atoms with Crippen molar-refractivity contribution in [3.63, 3.8) is 0 Å². The smallest absolute Gasteiger partial charge is 0.258 e. The molecule has 1 aliphatic rings. The minimum Gasteiger partial charge on any atom is -0.258 e. The second kappa shape index (κ2) is 5.31. The maximum absolute atomic E-state index is 12.5. The molecule has 8 heteroatoms. The Kier molecular flexibility index (Phi) is 4.04. The zero-order chi connectivity index (χ0) is 15.1. The molecule has 1 saturated heterocycles. The Labute approximate surface area is 122 Å². The van der Waals surface area contributed by atoms with E-state index in [-0.39, 0.29) is 21.9 Å². The molecule has 0 radical (unpaired) electrons. The summed E-state index contributed by atoms with van der Waals surface area (Å²) >= 11 is 5.70. The number of nitro groups is 1. The third-order valence-electron chi connectivity index (χ3n) is 3.45. The molecule has 0 aliphatic carbocycles. The number of sulfonamides is 1. The summed E-state index contributed by atoms with van der Waals surface area (Å²) in [4.78, 5) is 10.1. The Balaban J connectivity index is 2.45. The van der Waals surface area contributed by atoms with E-state index in [4.69, 9.17) is 11.6 Å². The maximum Gasteiger partial charge on any atom is 0.289 e. The second-order valence-electron chi connectivity index (χ2n) is 5.13. The fourth-order valence-electron chi connectivity index (χ4n) is 2.52. The molecule has 0 spiro atoms. The molecule has 0 amide bonds. The van der Waals surface area contributed by atoms with E-state index in [0.29, 0.717) is 6.54 Å². The van der Waals surface area contributed by atoms with E-state index in [9.17, 15) is 18.5 Å². The molecule has 0 aromatic heterocycles. The van der Waals surface area contributed by atoms with Gasteiger partial charge >= 0.3 is 0 Å². The van der Waals surface area contributed by atoms with Gasteiger partial charge in [-0.2, -0.15) is 4.31 Å². The first-order valence-corrected chi connectivity index (χ1v) is 8.01. The molecule has 1 fully saturated rings. The molecule has 2 unspecified atom stereocenters. The molecule has 20 heavy (non-hydrogen) atoms. The molecule has 1 aliphatic heterocycles. The van der Waals surface area contributed by atoms with Gasteiger partial charge in [0.1, 0.15) is 5.02 Å². The van der Waals surface area contributed by atoms with Crippen LogP contribution in [0.5, 0.6) is 0 Å². The van der Waals surface area contributed by atoms with Gasteiger partial charge in [-0.3, -0.25) is 10.1 Å². The lowest BCUT2D eigenvalue weighted by atomic mass is 10.1. The van der Waals surface area contributed by atoms with Gasteiger partial charge in [0.2, 0.25) is 10.0 Å². The molecule has 110 valence electrons. The van der Waals surface area contributed by atoms with E-state index in [1.165, 1.54) is 16.4 Å². The number of benzene rings is 1. The molecule has 0 bridgehead atoms. The minimum absolute atomic E-state index is 0.0724. The number of halogens is 1. The summed E-state index contributed by atoms with van der Waals surface area (Å²) in [5, 5.41) is 10.8. The monoisotopic (exact) mass is 318 g/mol. The van der Waals surface area contributed by atoms with E-state index in [0.717, 1.165) is 12.5 Å². The molecule has 1 aromatic carbocycles. The van der Waals surface area contributed by atoms with Gasteiger partial charge in [-0.15, -0.1) is 0 Å². The van der Waals surface area contributed by atoms with Crippen LogP contribution in [-0.4, -0.2) is 30.2 Å². The summed E-state index contributed by atoms with van der Waals surface area (Å²) in [7, 11) is -3.72. The van der Waals surface area contributed by atoms with Gasteiger partial charge in [0.25, 0.3) is 5.69 Å². The fraction of sp³-hybridized carbons (Fsp3) is 0.500. The summed E-state index contributed by atoms with van der Waals surface area (Å²) in [5.41, 5.74) is -0.396.